The third-order valence-corrected chi connectivity index (χ3v) is 7.42. The summed E-state index contributed by atoms with van der Waals surface area (Å²) in [6.07, 6.45) is 4.95. The zero-order chi connectivity index (χ0) is 21.3. The lowest BCUT2D eigenvalue weighted by Crippen LogP contribution is -2.21. The van der Waals surface area contributed by atoms with Crippen LogP contribution in [0.15, 0.2) is 17.1 Å². The van der Waals surface area contributed by atoms with Crippen LogP contribution in [0.1, 0.15) is 64.2 Å². The van der Waals surface area contributed by atoms with E-state index in [0.717, 1.165) is 36.1 Å². The Morgan fingerprint density at radius 3 is 2.70 bits per heavy atom. The summed E-state index contributed by atoms with van der Waals surface area (Å²) in [4.78, 5) is 26.2. The van der Waals surface area contributed by atoms with Gasteiger partial charge in [0.15, 0.2) is 5.82 Å². The van der Waals surface area contributed by atoms with Crippen molar-refractivity contribution in [1.82, 2.24) is 4.57 Å². The van der Waals surface area contributed by atoms with Crippen LogP contribution < -0.4 is 11.2 Å². The number of anilines is 1. The van der Waals surface area contributed by atoms with Gasteiger partial charge in [0.25, 0.3) is 0 Å². The molecule has 6 nitrogen and oxygen atoms in total. The molecule has 1 unspecified atom stereocenters. The Labute approximate surface area is 175 Å². The number of hydrogen-bond donors (Lipinski definition) is 3. The molecule has 4 N–H and O–H groups in total. The van der Waals surface area contributed by atoms with Crippen molar-refractivity contribution in [2.75, 3.05) is 5.73 Å². The summed E-state index contributed by atoms with van der Waals surface area (Å²) >= 11 is 1.44. The molecule has 156 valence electrons. The lowest BCUT2D eigenvalue weighted by molar-refractivity contribution is 0.0695. The van der Waals surface area contributed by atoms with Gasteiger partial charge in [0.2, 0.25) is 5.43 Å². The Balaban J connectivity index is 1.86. The van der Waals surface area contributed by atoms with E-state index in [4.69, 9.17) is 5.73 Å². The number of halogens is 1. The molecular weight excluding hydrogens is 407 g/mol. The molecule has 1 fully saturated rings. The predicted molar refractivity (Wildman–Crippen MR) is 114 cm³/mol. The highest BCUT2D eigenvalue weighted by Gasteiger charge is 2.31. The van der Waals surface area contributed by atoms with E-state index in [-0.39, 0.29) is 17.1 Å². The highest BCUT2D eigenvalue weighted by Crippen LogP contribution is 2.46. The van der Waals surface area contributed by atoms with Crippen molar-refractivity contribution in [1.29, 1.82) is 0 Å². The summed E-state index contributed by atoms with van der Waals surface area (Å²) in [7, 11) is 0. The van der Waals surface area contributed by atoms with Crippen molar-refractivity contribution < 1.29 is 19.4 Å². The van der Waals surface area contributed by atoms with Gasteiger partial charge in [-0.3, -0.25) is 4.79 Å². The zero-order valence-electron chi connectivity index (χ0n) is 16.4. The Bertz CT molecular complexity index is 1290. The molecule has 2 heterocycles. The highest BCUT2D eigenvalue weighted by molar-refractivity contribution is 7.15. The van der Waals surface area contributed by atoms with Crippen LogP contribution in [-0.2, 0) is 6.42 Å². The summed E-state index contributed by atoms with van der Waals surface area (Å²) in [5, 5.41) is 19.7. The number of nitrogen functional groups attached to an aromatic ring is 1. The second-order valence-corrected chi connectivity index (χ2v) is 9.30. The van der Waals surface area contributed by atoms with E-state index in [0.29, 0.717) is 27.9 Å². The average Bonchev–Trinajstić information content (AvgIpc) is 3.45. The number of nitrogens with zero attached hydrogens (tertiary/aromatic N) is 1. The number of aliphatic hydroxyl groups is 1. The van der Waals surface area contributed by atoms with Gasteiger partial charge in [-0.1, -0.05) is 0 Å². The van der Waals surface area contributed by atoms with E-state index in [1.165, 1.54) is 17.5 Å². The van der Waals surface area contributed by atoms with Crippen molar-refractivity contribution in [3.63, 3.8) is 0 Å². The number of aliphatic hydroxyl groups excluding tert-OH is 1. The summed E-state index contributed by atoms with van der Waals surface area (Å²) in [5.41, 5.74) is 6.84. The number of nitrogens with two attached hydrogens (primary N) is 1. The fraction of sp³-hybridized carbons (Fsp3) is 0.364. The Morgan fingerprint density at radius 2 is 2.07 bits per heavy atom. The van der Waals surface area contributed by atoms with Crippen LogP contribution in [0.5, 0.6) is 0 Å². The molecule has 1 atom stereocenters. The van der Waals surface area contributed by atoms with Gasteiger partial charge in [0, 0.05) is 27.6 Å². The highest BCUT2D eigenvalue weighted by atomic mass is 32.1. The molecule has 0 amide bonds. The summed E-state index contributed by atoms with van der Waals surface area (Å²) in [6.45, 7) is 1.74. The van der Waals surface area contributed by atoms with E-state index in [9.17, 15) is 19.8 Å². The van der Waals surface area contributed by atoms with E-state index in [2.05, 4.69) is 0 Å². The minimum atomic E-state index is -1.35. The Hall–Kier alpha value is -2.71. The summed E-state index contributed by atoms with van der Waals surface area (Å²) < 4.78 is 17.3. The lowest BCUT2D eigenvalue weighted by Gasteiger charge is -2.18. The molecule has 30 heavy (non-hydrogen) atoms. The fourth-order valence-electron chi connectivity index (χ4n) is 4.53. The van der Waals surface area contributed by atoms with Gasteiger partial charge in [-0.15, -0.1) is 11.3 Å². The van der Waals surface area contributed by atoms with Crippen LogP contribution in [0.2, 0.25) is 0 Å². The van der Waals surface area contributed by atoms with Gasteiger partial charge in [-0.05, 0) is 56.2 Å². The minimum absolute atomic E-state index is 0.0677. The topological polar surface area (TPSA) is 106 Å². The van der Waals surface area contributed by atoms with Gasteiger partial charge in [0.1, 0.15) is 5.56 Å². The van der Waals surface area contributed by atoms with E-state index in [1.54, 1.807) is 11.5 Å². The first-order valence-corrected chi connectivity index (χ1v) is 10.8. The fourth-order valence-corrected chi connectivity index (χ4v) is 5.89. The van der Waals surface area contributed by atoms with Crippen molar-refractivity contribution in [3.8, 4) is 10.4 Å². The van der Waals surface area contributed by atoms with Crippen molar-refractivity contribution in [2.24, 2.45) is 0 Å². The van der Waals surface area contributed by atoms with Gasteiger partial charge in [-0.2, -0.15) is 0 Å². The third kappa shape index (κ3) is 2.70. The molecule has 1 aromatic carbocycles. The number of fused-ring (bicyclic) bond motifs is 2. The summed E-state index contributed by atoms with van der Waals surface area (Å²) in [5.74, 6) is -2.06. The monoisotopic (exact) mass is 428 g/mol. The smallest absolute Gasteiger partial charge is 0.341 e. The largest absolute Gasteiger partial charge is 0.477 e. The van der Waals surface area contributed by atoms with Crippen LogP contribution >= 0.6 is 11.3 Å². The molecule has 2 aliphatic carbocycles. The molecule has 0 saturated heterocycles. The normalized spacial score (nSPS) is 18.6. The van der Waals surface area contributed by atoms with Crippen LogP contribution in [-0.4, -0.2) is 20.7 Å². The average molecular weight is 428 g/mol. The van der Waals surface area contributed by atoms with Gasteiger partial charge in [-0.25, -0.2) is 9.18 Å². The molecule has 0 spiro atoms. The van der Waals surface area contributed by atoms with Crippen molar-refractivity contribution in [2.45, 2.75) is 51.2 Å². The van der Waals surface area contributed by atoms with E-state index < -0.39 is 28.9 Å². The number of benzene rings is 1. The van der Waals surface area contributed by atoms with Crippen LogP contribution in [0.4, 0.5) is 10.1 Å². The Kier molecular flexibility index (Phi) is 4.27. The number of thiophene rings is 1. The third-order valence-electron chi connectivity index (χ3n) is 6.19. The number of aromatic carboxylic acids is 1. The SMILES string of the molecule is Cc1c(-c2cc3c(s2)CCCC3O)c(F)c(N)c2c(=O)c(C(=O)O)cn(C3CC3)c12. The maximum atomic E-state index is 15.5. The molecule has 1 saturated carbocycles. The number of rotatable bonds is 3. The molecular formula is C22H21FN2O4S. The predicted octanol–water partition coefficient (Wildman–Crippen LogP) is 4.16. The van der Waals surface area contributed by atoms with Crippen LogP contribution in [0.25, 0.3) is 21.3 Å². The molecule has 2 aromatic heterocycles. The first-order valence-electron chi connectivity index (χ1n) is 10.00. The van der Waals surface area contributed by atoms with Crippen molar-refractivity contribution >= 4 is 33.9 Å². The number of pyridine rings is 1. The first kappa shape index (κ1) is 19.3. The lowest BCUT2D eigenvalue weighted by atomic mass is 9.94. The molecule has 5 rings (SSSR count). The second-order valence-electron chi connectivity index (χ2n) is 8.16. The van der Waals surface area contributed by atoms with E-state index >= 15 is 4.39 Å². The maximum absolute atomic E-state index is 15.5. The number of carboxylic acid groups (broad SMARTS) is 1. The number of aromatic nitrogens is 1. The molecule has 8 heteroatoms. The van der Waals surface area contributed by atoms with Crippen LogP contribution in [0, 0.1) is 12.7 Å². The van der Waals surface area contributed by atoms with Gasteiger partial charge >= 0.3 is 5.97 Å². The van der Waals surface area contributed by atoms with Crippen LogP contribution in [0.3, 0.4) is 0 Å². The molecule has 0 radical (unpaired) electrons. The number of carbonyl (C=O) groups is 1. The van der Waals surface area contributed by atoms with Gasteiger partial charge in [0.05, 0.1) is 22.7 Å². The molecule has 0 aliphatic heterocycles. The quantitative estimate of drug-likeness (QED) is 0.543. The first-order chi connectivity index (χ1) is 14.3. The zero-order valence-corrected chi connectivity index (χ0v) is 17.2. The molecule has 0 bridgehead atoms. The molecule has 2 aliphatic rings. The number of aryl methyl sites for hydroxylation is 2. The second kappa shape index (κ2) is 6.65. The van der Waals surface area contributed by atoms with E-state index in [1.807, 2.05) is 6.07 Å². The van der Waals surface area contributed by atoms with Crippen molar-refractivity contribution in [3.05, 3.63) is 49.9 Å². The Morgan fingerprint density at radius 1 is 1.33 bits per heavy atom. The van der Waals surface area contributed by atoms with Gasteiger partial charge < -0.3 is 20.5 Å². The number of carboxylic acids is 1. The maximum Gasteiger partial charge on any atom is 0.341 e. The minimum Gasteiger partial charge on any atom is -0.477 e. The number of hydrogen-bond acceptors (Lipinski definition) is 5. The standard InChI is InChI=1S/C22H21FN2O4S/c1-9-16(15-7-11-13(26)3-2-4-14(11)30-15)18(23)19(24)17-20(9)25(10-5-6-10)8-12(21(17)27)22(28)29/h7-8,10,13,26H,2-6,24H2,1H3,(H,28,29). The molecule has 3 aromatic rings. The summed E-state index contributed by atoms with van der Waals surface area (Å²) in [6, 6.07) is 1.90.